The van der Waals surface area contributed by atoms with Crippen LogP contribution < -0.4 is 15.8 Å². The number of amides is 1. The second-order valence-corrected chi connectivity index (χ2v) is 5.24. The number of benzene rings is 1. The molecule has 5 nitrogen and oxygen atoms in total. The molecule has 21 heavy (non-hydrogen) atoms. The van der Waals surface area contributed by atoms with Gasteiger partial charge in [-0.25, -0.2) is 0 Å². The maximum Gasteiger partial charge on any atom is 0.240 e. The van der Waals surface area contributed by atoms with Crippen LogP contribution in [0.4, 0.5) is 0 Å². The molecule has 0 aliphatic carbocycles. The van der Waals surface area contributed by atoms with Crippen molar-refractivity contribution in [2.24, 2.45) is 5.73 Å². The molecule has 1 heterocycles. The normalized spacial score (nSPS) is 18.2. The molecule has 2 rings (SSSR count). The van der Waals surface area contributed by atoms with E-state index in [9.17, 15) is 4.79 Å². The van der Waals surface area contributed by atoms with Crippen LogP contribution in [0.3, 0.4) is 0 Å². The van der Waals surface area contributed by atoms with Gasteiger partial charge in [-0.3, -0.25) is 4.79 Å². The van der Waals surface area contributed by atoms with Gasteiger partial charge in [-0.1, -0.05) is 12.1 Å². The van der Waals surface area contributed by atoms with Crippen LogP contribution in [0.5, 0.6) is 5.75 Å². The van der Waals surface area contributed by atoms with Crippen molar-refractivity contribution in [1.82, 2.24) is 5.32 Å². The highest BCUT2D eigenvalue weighted by atomic mass is 35.5. The van der Waals surface area contributed by atoms with Crippen LogP contribution in [0.1, 0.15) is 31.4 Å². The molecule has 0 spiro atoms. The molecule has 1 fully saturated rings. The molecule has 1 atom stereocenters. The van der Waals surface area contributed by atoms with E-state index in [1.807, 2.05) is 31.2 Å². The first-order chi connectivity index (χ1) is 9.55. The summed E-state index contributed by atoms with van der Waals surface area (Å²) in [4.78, 5) is 12.3. The van der Waals surface area contributed by atoms with Crippen LogP contribution in [0.15, 0.2) is 24.3 Å². The van der Waals surface area contributed by atoms with Crippen molar-refractivity contribution in [2.45, 2.75) is 31.3 Å². The molecule has 1 aromatic rings. The van der Waals surface area contributed by atoms with Crippen LogP contribution in [-0.4, -0.2) is 31.8 Å². The molecule has 3 N–H and O–H groups in total. The molecule has 6 heteroatoms. The topological polar surface area (TPSA) is 73.6 Å². The maximum atomic E-state index is 12.3. The molecule has 1 aliphatic heterocycles. The summed E-state index contributed by atoms with van der Waals surface area (Å²) in [6.45, 7) is 3.03. The average Bonchev–Trinajstić information content (AvgIpc) is 2.48. The zero-order valence-corrected chi connectivity index (χ0v) is 13.2. The number of carbonyl (C=O) groups is 1. The number of nitrogens with one attached hydrogen (secondary N) is 1. The monoisotopic (exact) mass is 314 g/mol. The van der Waals surface area contributed by atoms with E-state index < -0.39 is 5.54 Å². The van der Waals surface area contributed by atoms with E-state index in [0.717, 1.165) is 11.3 Å². The fourth-order valence-corrected chi connectivity index (χ4v) is 2.28. The Kier molecular flexibility index (Phi) is 6.45. The van der Waals surface area contributed by atoms with Gasteiger partial charge in [0.1, 0.15) is 5.75 Å². The lowest BCUT2D eigenvalue weighted by molar-refractivity contribution is -0.130. The van der Waals surface area contributed by atoms with Crippen LogP contribution in [0.25, 0.3) is 0 Å². The third kappa shape index (κ3) is 4.33. The first-order valence-electron chi connectivity index (χ1n) is 6.87. The maximum absolute atomic E-state index is 12.3. The Morgan fingerprint density at radius 3 is 2.43 bits per heavy atom. The Morgan fingerprint density at radius 2 is 1.90 bits per heavy atom. The van der Waals surface area contributed by atoms with Gasteiger partial charge in [0.15, 0.2) is 0 Å². The average molecular weight is 315 g/mol. The number of carbonyl (C=O) groups excluding carboxylic acids is 1. The number of nitrogens with two attached hydrogens (primary N) is 1. The van der Waals surface area contributed by atoms with Gasteiger partial charge in [-0.05, 0) is 37.5 Å². The van der Waals surface area contributed by atoms with Crippen LogP contribution in [0.2, 0.25) is 0 Å². The molecule has 118 valence electrons. The predicted molar refractivity (Wildman–Crippen MR) is 83.8 cm³/mol. The molecule has 0 radical (unpaired) electrons. The van der Waals surface area contributed by atoms with Crippen molar-refractivity contribution in [3.8, 4) is 5.75 Å². The SMILES string of the molecule is COc1ccc(C(C)NC(=O)C2(N)CCOCC2)cc1.Cl. The van der Waals surface area contributed by atoms with Gasteiger partial charge in [0, 0.05) is 13.2 Å². The fourth-order valence-electron chi connectivity index (χ4n) is 2.28. The Hall–Kier alpha value is -1.30. The van der Waals surface area contributed by atoms with Crippen molar-refractivity contribution in [3.63, 3.8) is 0 Å². The standard InChI is InChI=1S/C15H22N2O3.ClH/c1-11(12-3-5-13(19-2)6-4-12)17-14(18)15(16)7-9-20-10-8-15;/h3-6,11H,7-10,16H2,1-2H3,(H,17,18);1H. The summed E-state index contributed by atoms with van der Waals surface area (Å²) in [5.41, 5.74) is 6.38. The molecule has 1 aliphatic rings. The van der Waals surface area contributed by atoms with Gasteiger partial charge >= 0.3 is 0 Å². The molecule has 0 aromatic heterocycles. The Labute approximate surface area is 131 Å². The number of hydrogen-bond donors (Lipinski definition) is 2. The van der Waals surface area contributed by atoms with E-state index in [1.54, 1.807) is 7.11 Å². The Bertz CT molecular complexity index is 458. The second-order valence-electron chi connectivity index (χ2n) is 5.24. The minimum absolute atomic E-state index is 0. The summed E-state index contributed by atoms with van der Waals surface area (Å²) in [5.74, 6) is 0.691. The second kappa shape index (κ2) is 7.64. The highest BCUT2D eigenvalue weighted by Gasteiger charge is 2.36. The number of halogens is 1. The van der Waals surface area contributed by atoms with Crippen molar-refractivity contribution >= 4 is 18.3 Å². The van der Waals surface area contributed by atoms with Crippen LogP contribution >= 0.6 is 12.4 Å². The summed E-state index contributed by atoms with van der Waals surface area (Å²) >= 11 is 0. The molecular weight excluding hydrogens is 292 g/mol. The van der Waals surface area contributed by atoms with Gasteiger partial charge in [0.05, 0.1) is 18.7 Å². The van der Waals surface area contributed by atoms with E-state index >= 15 is 0 Å². The first kappa shape index (κ1) is 17.8. The van der Waals surface area contributed by atoms with E-state index in [4.69, 9.17) is 15.2 Å². The number of hydrogen-bond acceptors (Lipinski definition) is 4. The van der Waals surface area contributed by atoms with E-state index in [2.05, 4.69) is 5.32 Å². The summed E-state index contributed by atoms with van der Waals surface area (Å²) < 4.78 is 10.4. The van der Waals surface area contributed by atoms with Crippen molar-refractivity contribution in [2.75, 3.05) is 20.3 Å². The zero-order valence-electron chi connectivity index (χ0n) is 12.4. The molecule has 1 aromatic carbocycles. The fraction of sp³-hybridized carbons (Fsp3) is 0.533. The summed E-state index contributed by atoms with van der Waals surface area (Å²) in [6, 6.07) is 7.56. The van der Waals surface area contributed by atoms with Crippen molar-refractivity contribution in [1.29, 1.82) is 0 Å². The van der Waals surface area contributed by atoms with E-state index in [1.165, 1.54) is 0 Å². The molecule has 0 bridgehead atoms. The lowest BCUT2D eigenvalue weighted by atomic mass is 9.90. The largest absolute Gasteiger partial charge is 0.497 e. The lowest BCUT2D eigenvalue weighted by Gasteiger charge is -2.33. The highest BCUT2D eigenvalue weighted by Crippen LogP contribution is 2.21. The Morgan fingerprint density at radius 1 is 1.33 bits per heavy atom. The summed E-state index contributed by atoms with van der Waals surface area (Å²) in [5, 5.41) is 2.98. The highest BCUT2D eigenvalue weighted by molar-refractivity contribution is 5.86. The van der Waals surface area contributed by atoms with Crippen LogP contribution in [0, 0.1) is 0 Å². The zero-order chi connectivity index (χ0) is 14.6. The molecule has 0 saturated carbocycles. The third-order valence-electron chi connectivity index (χ3n) is 3.80. The van der Waals surface area contributed by atoms with Gasteiger partial charge < -0.3 is 20.5 Å². The van der Waals surface area contributed by atoms with Gasteiger partial charge in [0.2, 0.25) is 5.91 Å². The smallest absolute Gasteiger partial charge is 0.240 e. The number of rotatable bonds is 4. The minimum Gasteiger partial charge on any atom is -0.497 e. The van der Waals surface area contributed by atoms with Crippen LogP contribution in [-0.2, 0) is 9.53 Å². The molecular formula is C15H23ClN2O3. The van der Waals surface area contributed by atoms with E-state index in [0.29, 0.717) is 26.1 Å². The molecule has 1 amide bonds. The predicted octanol–water partition coefficient (Wildman–Crippen LogP) is 1.80. The third-order valence-corrected chi connectivity index (χ3v) is 3.80. The van der Waals surface area contributed by atoms with Gasteiger partial charge in [-0.2, -0.15) is 0 Å². The molecule has 1 saturated heterocycles. The van der Waals surface area contributed by atoms with Crippen molar-refractivity contribution < 1.29 is 14.3 Å². The van der Waals surface area contributed by atoms with Crippen molar-refractivity contribution in [3.05, 3.63) is 29.8 Å². The lowest BCUT2D eigenvalue weighted by Crippen LogP contribution is -2.57. The minimum atomic E-state index is -0.807. The first-order valence-corrected chi connectivity index (χ1v) is 6.87. The summed E-state index contributed by atoms with van der Waals surface area (Å²) in [6.07, 6.45) is 1.13. The van der Waals surface area contributed by atoms with Gasteiger partial charge in [-0.15, -0.1) is 12.4 Å². The summed E-state index contributed by atoms with van der Waals surface area (Å²) in [7, 11) is 1.63. The molecule has 1 unspecified atom stereocenters. The number of methoxy groups -OCH3 is 1. The quantitative estimate of drug-likeness (QED) is 0.889. The van der Waals surface area contributed by atoms with E-state index in [-0.39, 0.29) is 24.4 Å². The number of ether oxygens (including phenoxy) is 2. The van der Waals surface area contributed by atoms with Gasteiger partial charge in [0.25, 0.3) is 0 Å². The Balaban J connectivity index is 0.00000220.